The van der Waals surface area contributed by atoms with Crippen molar-refractivity contribution in [1.82, 2.24) is 4.90 Å². The molecule has 1 aliphatic heterocycles. The van der Waals surface area contributed by atoms with Gasteiger partial charge >= 0.3 is 0 Å². The molecule has 0 unspecified atom stereocenters. The van der Waals surface area contributed by atoms with E-state index in [1.165, 1.54) is 5.56 Å². The summed E-state index contributed by atoms with van der Waals surface area (Å²) in [5, 5.41) is 0. The van der Waals surface area contributed by atoms with Gasteiger partial charge in [-0.25, -0.2) is 0 Å². The monoisotopic (exact) mass is 355 g/mol. The molecule has 0 aliphatic carbocycles. The molecular weight excluding hydrogens is 330 g/mol. The lowest BCUT2D eigenvalue weighted by Gasteiger charge is -2.19. The largest absolute Gasteiger partial charge is 0.483 e. The summed E-state index contributed by atoms with van der Waals surface area (Å²) in [5.41, 5.74) is 3.22. The van der Waals surface area contributed by atoms with Gasteiger partial charge in [0.25, 0.3) is 5.91 Å². The van der Waals surface area contributed by atoms with Gasteiger partial charge in [0, 0.05) is 13.6 Å². The van der Waals surface area contributed by atoms with Crippen LogP contribution in [0.25, 0.3) is 0 Å². The van der Waals surface area contributed by atoms with Gasteiger partial charge in [0.05, 0.1) is 0 Å². The highest BCUT2D eigenvalue weighted by molar-refractivity contribution is 5.77. The Balaban J connectivity index is 1.59. The number of carbonyl (C=O) groups is 1. The fourth-order valence-corrected chi connectivity index (χ4v) is 2.78. The number of hydrogen-bond acceptors (Lipinski definition) is 4. The minimum absolute atomic E-state index is 0.0173. The van der Waals surface area contributed by atoms with Crippen LogP contribution in [0.15, 0.2) is 36.4 Å². The first-order valence-corrected chi connectivity index (χ1v) is 8.80. The number of hydrogen-bond donors (Lipinski definition) is 0. The van der Waals surface area contributed by atoms with E-state index in [2.05, 4.69) is 19.9 Å². The van der Waals surface area contributed by atoms with Crippen molar-refractivity contribution >= 4 is 5.91 Å². The third kappa shape index (κ3) is 4.10. The van der Waals surface area contributed by atoms with E-state index >= 15 is 0 Å². The van der Waals surface area contributed by atoms with E-state index in [0.717, 1.165) is 28.4 Å². The number of benzene rings is 2. The predicted molar refractivity (Wildman–Crippen MR) is 99.8 cm³/mol. The number of ether oxygens (including phenoxy) is 3. The van der Waals surface area contributed by atoms with Crippen molar-refractivity contribution < 1.29 is 19.0 Å². The third-order valence-corrected chi connectivity index (χ3v) is 4.51. The highest BCUT2D eigenvalue weighted by atomic mass is 16.7. The van der Waals surface area contributed by atoms with E-state index in [-0.39, 0.29) is 19.3 Å². The standard InChI is InChI=1S/C21H25NO4/c1-14(2)17-7-5-15(3)19(10-17)24-12-21(23)22(4)11-16-6-8-18-20(9-16)26-13-25-18/h5-10,14H,11-13H2,1-4H3. The van der Waals surface area contributed by atoms with Crippen molar-refractivity contribution in [2.45, 2.75) is 33.2 Å². The van der Waals surface area contributed by atoms with Crippen molar-refractivity contribution in [2.75, 3.05) is 20.4 Å². The fourth-order valence-electron chi connectivity index (χ4n) is 2.78. The van der Waals surface area contributed by atoms with Crippen LogP contribution in [0.2, 0.25) is 0 Å². The second-order valence-electron chi connectivity index (χ2n) is 6.91. The average molecular weight is 355 g/mol. The molecule has 0 aromatic heterocycles. The number of aryl methyl sites for hydroxylation is 1. The number of fused-ring (bicyclic) bond motifs is 1. The molecule has 0 saturated heterocycles. The van der Waals surface area contributed by atoms with Gasteiger partial charge in [-0.2, -0.15) is 0 Å². The topological polar surface area (TPSA) is 48.0 Å². The van der Waals surface area contributed by atoms with Crippen LogP contribution in [0, 0.1) is 6.92 Å². The number of rotatable bonds is 6. The van der Waals surface area contributed by atoms with Crippen LogP contribution >= 0.6 is 0 Å². The van der Waals surface area contributed by atoms with Gasteiger partial charge in [0.1, 0.15) is 5.75 Å². The zero-order chi connectivity index (χ0) is 18.7. The summed E-state index contributed by atoms with van der Waals surface area (Å²) in [6.45, 7) is 7.02. The molecule has 3 rings (SSSR count). The van der Waals surface area contributed by atoms with Crippen LogP contribution in [0.3, 0.4) is 0 Å². The zero-order valence-electron chi connectivity index (χ0n) is 15.7. The molecular formula is C21H25NO4. The van der Waals surface area contributed by atoms with E-state index in [1.807, 2.05) is 37.3 Å². The van der Waals surface area contributed by atoms with Crippen molar-refractivity contribution in [3.8, 4) is 17.2 Å². The summed E-state index contributed by atoms with van der Waals surface area (Å²) >= 11 is 0. The van der Waals surface area contributed by atoms with Crippen LogP contribution < -0.4 is 14.2 Å². The summed E-state index contributed by atoms with van der Waals surface area (Å²) in [6, 6.07) is 11.9. The van der Waals surface area contributed by atoms with Crippen molar-refractivity contribution in [1.29, 1.82) is 0 Å². The molecule has 0 N–H and O–H groups in total. The molecule has 0 fully saturated rings. The molecule has 5 heteroatoms. The second kappa shape index (κ2) is 7.68. The Kier molecular flexibility index (Phi) is 5.35. The second-order valence-corrected chi connectivity index (χ2v) is 6.91. The average Bonchev–Trinajstić information content (AvgIpc) is 3.08. The van der Waals surface area contributed by atoms with Gasteiger partial charge < -0.3 is 19.1 Å². The maximum absolute atomic E-state index is 12.4. The minimum atomic E-state index is -0.0722. The number of carbonyl (C=O) groups excluding carboxylic acids is 1. The van der Waals surface area contributed by atoms with Crippen LogP contribution in [0.4, 0.5) is 0 Å². The molecule has 5 nitrogen and oxygen atoms in total. The molecule has 138 valence electrons. The van der Waals surface area contributed by atoms with Gasteiger partial charge in [-0.15, -0.1) is 0 Å². The molecule has 0 atom stereocenters. The van der Waals surface area contributed by atoms with Crippen molar-refractivity contribution in [2.24, 2.45) is 0 Å². The van der Waals surface area contributed by atoms with Crippen molar-refractivity contribution in [3.63, 3.8) is 0 Å². The Morgan fingerprint density at radius 3 is 2.69 bits per heavy atom. The van der Waals surface area contributed by atoms with Gasteiger partial charge in [-0.3, -0.25) is 4.79 Å². The SMILES string of the molecule is Cc1ccc(C(C)C)cc1OCC(=O)N(C)Cc1ccc2c(c1)OCO2. The highest BCUT2D eigenvalue weighted by Crippen LogP contribution is 2.32. The first-order chi connectivity index (χ1) is 12.4. The summed E-state index contributed by atoms with van der Waals surface area (Å²) < 4.78 is 16.5. The van der Waals surface area contributed by atoms with Crippen LogP contribution in [0.1, 0.15) is 36.5 Å². The Morgan fingerprint density at radius 2 is 1.92 bits per heavy atom. The van der Waals surface area contributed by atoms with Gasteiger partial charge in [0.15, 0.2) is 18.1 Å². The first-order valence-electron chi connectivity index (χ1n) is 8.80. The fraction of sp³-hybridized carbons (Fsp3) is 0.381. The highest BCUT2D eigenvalue weighted by Gasteiger charge is 2.16. The molecule has 2 aromatic rings. The van der Waals surface area contributed by atoms with E-state index in [9.17, 15) is 4.79 Å². The van der Waals surface area contributed by atoms with Crippen LogP contribution in [0.5, 0.6) is 17.2 Å². The molecule has 1 heterocycles. The van der Waals surface area contributed by atoms with E-state index in [0.29, 0.717) is 12.5 Å². The van der Waals surface area contributed by atoms with Crippen LogP contribution in [-0.4, -0.2) is 31.3 Å². The molecule has 26 heavy (non-hydrogen) atoms. The van der Waals surface area contributed by atoms with Gasteiger partial charge in [-0.05, 0) is 47.7 Å². The number of likely N-dealkylation sites (N-methyl/N-ethyl adjacent to an activating group) is 1. The van der Waals surface area contributed by atoms with E-state index < -0.39 is 0 Å². The number of amides is 1. The summed E-state index contributed by atoms with van der Waals surface area (Å²) in [5.74, 6) is 2.58. The maximum atomic E-state index is 12.4. The first kappa shape index (κ1) is 18.1. The molecule has 0 bridgehead atoms. The normalized spacial score (nSPS) is 12.3. The van der Waals surface area contributed by atoms with Gasteiger partial charge in [0.2, 0.25) is 6.79 Å². The quantitative estimate of drug-likeness (QED) is 0.789. The summed E-state index contributed by atoms with van der Waals surface area (Å²) in [6.07, 6.45) is 0. The molecule has 0 saturated carbocycles. The smallest absolute Gasteiger partial charge is 0.260 e. The molecule has 1 aliphatic rings. The predicted octanol–water partition coefficient (Wildman–Crippen LogP) is 3.88. The van der Waals surface area contributed by atoms with E-state index in [1.54, 1.807) is 11.9 Å². The lowest BCUT2D eigenvalue weighted by Crippen LogP contribution is -2.31. The summed E-state index contributed by atoms with van der Waals surface area (Å²) in [4.78, 5) is 14.1. The van der Waals surface area contributed by atoms with Gasteiger partial charge in [-0.1, -0.05) is 32.0 Å². The molecule has 0 spiro atoms. The zero-order valence-corrected chi connectivity index (χ0v) is 15.7. The van der Waals surface area contributed by atoms with Crippen LogP contribution in [-0.2, 0) is 11.3 Å². The van der Waals surface area contributed by atoms with Crippen molar-refractivity contribution in [3.05, 3.63) is 53.1 Å². The lowest BCUT2D eigenvalue weighted by molar-refractivity contribution is -0.132. The van der Waals surface area contributed by atoms with E-state index in [4.69, 9.17) is 14.2 Å². The lowest BCUT2D eigenvalue weighted by atomic mass is 10.0. The third-order valence-electron chi connectivity index (χ3n) is 4.51. The molecule has 2 aromatic carbocycles. The molecule has 1 amide bonds. The molecule has 0 radical (unpaired) electrons. The Bertz CT molecular complexity index is 801. The Labute approximate surface area is 154 Å². The minimum Gasteiger partial charge on any atom is -0.483 e. The maximum Gasteiger partial charge on any atom is 0.260 e. The Morgan fingerprint density at radius 1 is 1.15 bits per heavy atom. The number of nitrogens with zero attached hydrogens (tertiary/aromatic N) is 1. The Hall–Kier alpha value is -2.69. The summed E-state index contributed by atoms with van der Waals surface area (Å²) in [7, 11) is 1.77.